The van der Waals surface area contributed by atoms with Gasteiger partial charge in [-0.3, -0.25) is 19.0 Å². The predicted molar refractivity (Wildman–Crippen MR) is 131 cm³/mol. The van der Waals surface area contributed by atoms with Gasteiger partial charge in [-0.25, -0.2) is 14.9 Å². The lowest BCUT2D eigenvalue weighted by Crippen LogP contribution is -2.42. The number of benzene rings is 1. The van der Waals surface area contributed by atoms with Gasteiger partial charge in [-0.2, -0.15) is 0 Å². The molecule has 2 aliphatic heterocycles. The number of carbonyl (C=O) groups excluding carboxylic acids is 1. The van der Waals surface area contributed by atoms with E-state index in [1.165, 1.54) is 22.2 Å². The van der Waals surface area contributed by atoms with E-state index in [2.05, 4.69) is 27.8 Å². The lowest BCUT2D eigenvalue weighted by Gasteiger charge is -2.25. The molecule has 2 atom stereocenters. The molecule has 2 aromatic heterocycles. The Kier molecular flexibility index (Phi) is 5.46. The minimum Gasteiger partial charge on any atom is -0.271 e. The molecule has 162 valence electrons. The highest BCUT2D eigenvalue weighted by molar-refractivity contribution is 9.10. The molecule has 0 fully saturated rings. The number of fused-ring (bicyclic) bond motifs is 4. The fraction of sp³-hybridized carbons (Fsp3) is 0.261. The smallest absolute Gasteiger partial charge is 0.259 e. The Morgan fingerprint density at radius 1 is 1.19 bits per heavy atom. The van der Waals surface area contributed by atoms with Crippen molar-refractivity contribution in [2.45, 2.75) is 32.1 Å². The number of aliphatic imine (C=N–C) groups is 2. The van der Waals surface area contributed by atoms with Crippen LogP contribution in [-0.4, -0.2) is 37.2 Å². The van der Waals surface area contributed by atoms with Crippen molar-refractivity contribution in [3.63, 3.8) is 0 Å². The molecular weight excluding hydrogens is 490 g/mol. The normalized spacial score (nSPS) is 18.3. The number of para-hydroxylation sites is 1. The van der Waals surface area contributed by atoms with Gasteiger partial charge in [0.05, 0.1) is 11.4 Å². The van der Waals surface area contributed by atoms with E-state index in [0.717, 1.165) is 22.1 Å². The van der Waals surface area contributed by atoms with Crippen LogP contribution in [0.3, 0.4) is 0 Å². The van der Waals surface area contributed by atoms with Gasteiger partial charge in [-0.15, -0.1) is 0 Å². The van der Waals surface area contributed by atoms with Gasteiger partial charge >= 0.3 is 0 Å². The van der Waals surface area contributed by atoms with Crippen LogP contribution in [0.25, 0.3) is 5.65 Å². The van der Waals surface area contributed by atoms with Crippen LogP contribution in [0.2, 0.25) is 0 Å². The molecule has 0 saturated carbocycles. The molecule has 2 aliphatic rings. The highest BCUT2D eigenvalue weighted by Gasteiger charge is 2.42. The first kappa shape index (κ1) is 21.1. The first-order valence-corrected chi connectivity index (χ1v) is 12.1. The van der Waals surface area contributed by atoms with Crippen molar-refractivity contribution in [1.29, 1.82) is 0 Å². The van der Waals surface area contributed by atoms with Crippen molar-refractivity contribution in [1.82, 2.24) is 14.3 Å². The van der Waals surface area contributed by atoms with E-state index in [4.69, 9.17) is 9.98 Å². The number of carbonyl (C=O) groups is 1. The fourth-order valence-electron chi connectivity index (χ4n) is 3.80. The average molecular weight is 510 g/mol. The Bertz CT molecular complexity index is 1370. The van der Waals surface area contributed by atoms with E-state index in [-0.39, 0.29) is 17.4 Å². The topological polar surface area (TPSA) is 79.4 Å². The van der Waals surface area contributed by atoms with Crippen LogP contribution >= 0.6 is 27.7 Å². The van der Waals surface area contributed by atoms with Crippen molar-refractivity contribution >= 4 is 55.9 Å². The van der Waals surface area contributed by atoms with E-state index in [0.29, 0.717) is 28.1 Å². The maximum absolute atomic E-state index is 13.3. The van der Waals surface area contributed by atoms with E-state index < -0.39 is 6.04 Å². The zero-order valence-corrected chi connectivity index (χ0v) is 19.9. The molecule has 9 heteroatoms. The van der Waals surface area contributed by atoms with Gasteiger partial charge in [-0.1, -0.05) is 44.2 Å². The average Bonchev–Trinajstić information content (AvgIpc) is 3.15. The lowest BCUT2D eigenvalue weighted by molar-refractivity contribution is -0.125. The maximum Gasteiger partial charge on any atom is 0.259 e. The number of thioether (sulfide) groups is 1. The summed E-state index contributed by atoms with van der Waals surface area (Å²) in [4.78, 5) is 41.6. The van der Waals surface area contributed by atoms with Crippen molar-refractivity contribution in [3.8, 4) is 0 Å². The molecule has 3 aromatic rings. The molecule has 1 amide bonds. The summed E-state index contributed by atoms with van der Waals surface area (Å²) >= 11 is 4.77. The molecule has 32 heavy (non-hydrogen) atoms. The number of pyridine rings is 1. The van der Waals surface area contributed by atoms with E-state index in [9.17, 15) is 9.59 Å². The Hall–Kier alpha value is -2.78. The Labute approximate surface area is 197 Å². The summed E-state index contributed by atoms with van der Waals surface area (Å²) in [6.45, 7) is 4.11. The monoisotopic (exact) mass is 509 g/mol. The lowest BCUT2D eigenvalue weighted by atomic mass is 10.00. The third-order valence-electron chi connectivity index (χ3n) is 5.71. The number of hydrogen-bond acceptors (Lipinski definition) is 6. The standard InChI is InChI=1S/C23H20BrN5O2S/c1-3-13(2)20-22(31)29-21(27-20)16-6-4-5-7-17(16)26-23(29)32-12-15-10-19(30)28-11-14(24)8-9-18(28)25-15/h4-11,13,20H,3,12H2,1-2H3/t13-,20-/m0/s1. The minimum absolute atomic E-state index is 0.0495. The van der Waals surface area contributed by atoms with Crippen LogP contribution < -0.4 is 5.56 Å². The van der Waals surface area contributed by atoms with Crippen molar-refractivity contribution in [3.05, 3.63) is 74.7 Å². The van der Waals surface area contributed by atoms with Gasteiger partial charge in [0.1, 0.15) is 17.5 Å². The molecule has 0 spiro atoms. The van der Waals surface area contributed by atoms with Crippen molar-refractivity contribution in [2.75, 3.05) is 0 Å². The second kappa shape index (κ2) is 8.29. The van der Waals surface area contributed by atoms with E-state index >= 15 is 0 Å². The highest BCUT2D eigenvalue weighted by atomic mass is 79.9. The van der Waals surface area contributed by atoms with Gasteiger partial charge in [0.25, 0.3) is 11.5 Å². The van der Waals surface area contributed by atoms with Crippen molar-refractivity contribution in [2.24, 2.45) is 15.9 Å². The number of rotatable bonds is 4. The number of hydrogen-bond donors (Lipinski definition) is 0. The summed E-state index contributed by atoms with van der Waals surface area (Å²) in [5.41, 5.74) is 2.71. The van der Waals surface area contributed by atoms with Gasteiger partial charge in [0.15, 0.2) is 5.17 Å². The van der Waals surface area contributed by atoms with Crippen LogP contribution in [0.4, 0.5) is 5.69 Å². The maximum atomic E-state index is 13.3. The summed E-state index contributed by atoms with van der Waals surface area (Å²) in [6.07, 6.45) is 2.56. The molecule has 0 radical (unpaired) electrons. The molecule has 4 heterocycles. The van der Waals surface area contributed by atoms with Crippen LogP contribution in [-0.2, 0) is 10.5 Å². The molecular formula is C23H20BrN5O2S. The van der Waals surface area contributed by atoms with E-state index in [1.54, 1.807) is 17.2 Å². The number of aromatic nitrogens is 2. The number of halogens is 1. The molecule has 5 rings (SSSR count). The number of amides is 1. The van der Waals surface area contributed by atoms with Gasteiger partial charge in [-0.05, 0) is 46.1 Å². The molecule has 0 aliphatic carbocycles. The van der Waals surface area contributed by atoms with Gasteiger partial charge in [0.2, 0.25) is 0 Å². The molecule has 0 bridgehead atoms. The summed E-state index contributed by atoms with van der Waals surface area (Å²) < 4.78 is 2.31. The second-order valence-corrected chi connectivity index (χ2v) is 9.68. The molecule has 1 aromatic carbocycles. The predicted octanol–water partition coefficient (Wildman–Crippen LogP) is 4.40. The quantitative estimate of drug-likeness (QED) is 0.522. The largest absolute Gasteiger partial charge is 0.271 e. The third kappa shape index (κ3) is 3.59. The minimum atomic E-state index is -0.408. The van der Waals surface area contributed by atoms with Crippen LogP contribution in [0.5, 0.6) is 0 Å². The van der Waals surface area contributed by atoms with Crippen LogP contribution in [0, 0.1) is 5.92 Å². The zero-order chi connectivity index (χ0) is 22.4. The Balaban J connectivity index is 1.49. The molecule has 7 nitrogen and oxygen atoms in total. The van der Waals surface area contributed by atoms with Gasteiger partial charge < -0.3 is 0 Å². The first-order valence-electron chi connectivity index (χ1n) is 10.4. The summed E-state index contributed by atoms with van der Waals surface area (Å²) in [5, 5.41) is 0.566. The van der Waals surface area contributed by atoms with Crippen LogP contribution in [0.15, 0.2) is 67.9 Å². The fourth-order valence-corrected chi connectivity index (χ4v) is 5.03. The van der Waals surface area contributed by atoms with Crippen molar-refractivity contribution < 1.29 is 4.79 Å². The second-order valence-electron chi connectivity index (χ2n) is 7.82. The zero-order valence-electron chi connectivity index (χ0n) is 17.5. The molecule has 0 unspecified atom stereocenters. The number of amidine groups is 2. The third-order valence-corrected chi connectivity index (χ3v) is 7.15. The molecule has 0 N–H and O–H groups in total. The van der Waals surface area contributed by atoms with E-state index in [1.807, 2.05) is 37.3 Å². The first-order chi connectivity index (χ1) is 15.5. The highest BCUT2D eigenvalue weighted by Crippen LogP contribution is 2.35. The van der Waals surface area contributed by atoms with Crippen LogP contribution in [0.1, 0.15) is 31.5 Å². The SMILES string of the molecule is CC[C@H](C)[C@@H]1N=C2c3ccccc3N=C(SCc3cc(=O)n4cc(Br)ccc4n3)N2C1=O. The summed E-state index contributed by atoms with van der Waals surface area (Å²) in [7, 11) is 0. The summed E-state index contributed by atoms with van der Waals surface area (Å²) in [6, 6.07) is 12.5. The van der Waals surface area contributed by atoms with Gasteiger partial charge in [0, 0.05) is 28.1 Å². The summed E-state index contributed by atoms with van der Waals surface area (Å²) in [5.74, 6) is 1.16. The number of nitrogens with zero attached hydrogens (tertiary/aromatic N) is 5. The Morgan fingerprint density at radius 2 is 2.00 bits per heavy atom. The Morgan fingerprint density at radius 3 is 2.81 bits per heavy atom. The molecule has 0 saturated heterocycles.